The number of hydrogen-bond acceptors (Lipinski definition) is 3. The second-order valence-corrected chi connectivity index (χ2v) is 9.89. The van der Waals surface area contributed by atoms with Crippen molar-refractivity contribution in [1.82, 2.24) is 4.57 Å². The second-order valence-electron chi connectivity index (χ2n) is 7.50. The Hall–Kier alpha value is -3.16. The van der Waals surface area contributed by atoms with Gasteiger partial charge < -0.3 is 9.88 Å². The first kappa shape index (κ1) is 22.0. The average Bonchev–Trinajstić information content (AvgIpc) is 3.11. The topological polar surface area (TPSA) is 68.2 Å². The van der Waals surface area contributed by atoms with Crippen LogP contribution in [-0.4, -0.2) is 18.9 Å². The normalized spacial score (nSPS) is 11.6. The van der Waals surface area contributed by atoms with Gasteiger partial charge in [0.05, 0.1) is 16.3 Å². The first-order chi connectivity index (χ1) is 15.2. The molecule has 4 aromatic rings. The third-order valence-electron chi connectivity index (χ3n) is 5.21. The summed E-state index contributed by atoms with van der Waals surface area (Å²) < 4.78 is 42.1. The maximum atomic E-state index is 14.0. The molecule has 0 saturated carbocycles. The molecule has 0 aliphatic rings. The third kappa shape index (κ3) is 4.54. The van der Waals surface area contributed by atoms with Crippen molar-refractivity contribution < 1.29 is 17.6 Å². The lowest BCUT2D eigenvalue weighted by atomic mass is 10.1. The van der Waals surface area contributed by atoms with Crippen molar-refractivity contribution in [2.75, 3.05) is 5.32 Å². The van der Waals surface area contributed by atoms with E-state index in [1.807, 2.05) is 19.1 Å². The van der Waals surface area contributed by atoms with Gasteiger partial charge in [0.25, 0.3) is 0 Å². The summed E-state index contributed by atoms with van der Waals surface area (Å²) in [7, 11) is -3.67. The standard InChI is InChI=1S/C24H20ClFN2O3S/c1-16-6-2-3-7-17(16)15-32(30,31)23-13-28(22-9-5-4-8-19(22)23)14-24(29)27-21-11-10-18(25)12-20(21)26/h2-13H,14-15H2,1H3,(H,27,29). The molecule has 1 N–H and O–H groups in total. The Balaban J connectivity index is 1.65. The molecular formula is C24H20ClFN2O3S. The van der Waals surface area contributed by atoms with Gasteiger partial charge in [-0.25, -0.2) is 12.8 Å². The van der Waals surface area contributed by atoms with Crippen LogP contribution in [0, 0.1) is 12.7 Å². The number of anilines is 1. The molecule has 164 valence electrons. The van der Waals surface area contributed by atoms with Crippen LogP contribution in [0.2, 0.25) is 5.02 Å². The molecule has 1 aromatic heterocycles. The number of aryl methyl sites for hydroxylation is 1. The highest BCUT2D eigenvalue weighted by Crippen LogP contribution is 2.29. The summed E-state index contributed by atoms with van der Waals surface area (Å²) in [5.41, 5.74) is 2.22. The predicted octanol–water partition coefficient (Wildman–Crippen LogP) is 5.35. The minimum absolute atomic E-state index is 0.00302. The number of benzene rings is 3. The minimum atomic E-state index is -3.67. The first-order valence-electron chi connectivity index (χ1n) is 9.84. The summed E-state index contributed by atoms with van der Waals surface area (Å²) in [6, 6.07) is 18.3. The van der Waals surface area contributed by atoms with Gasteiger partial charge in [-0.1, -0.05) is 54.1 Å². The van der Waals surface area contributed by atoms with E-state index >= 15 is 0 Å². The van der Waals surface area contributed by atoms with E-state index in [-0.39, 0.29) is 27.9 Å². The molecule has 1 amide bonds. The maximum absolute atomic E-state index is 14.0. The number of nitrogens with zero attached hydrogens (tertiary/aromatic N) is 1. The van der Waals surface area contributed by atoms with Crippen molar-refractivity contribution in [3.8, 4) is 0 Å². The van der Waals surface area contributed by atoms with Gasteiger partial charge in [0.1, 0.15) is 12.4 Å². The van der Waals surface area contributed by atoms with E-state index in [2.05, 4.69) is 5.32 Å². The summed E-state index contributed by atoms with van der Waals surface area (Å²) in [5.74, 6) is -1.28. The quantitative estimate of drug-likeness (QED) is 0.412. The van der Waals surface area contributed by atoms with Crippen LogP contribution in [0.15, 0.2) is 77.8 Å². The lowest BCUT2D eigenvalue weighted by Gasteiger charge is -2.08. The molecule has 0 bridgehead atoms. The summed E-state index contributed by atoms with van der Waals surface area (Å²) in [6.07, 6.45) is 1.47. The van der Waals surface area contributed by atoms with Gasteiger partial charge in [0.15, 0.2) is 9.84 Å². The zero-order valence-corrected chi connectivity index (χ0v) is 18.8. The molecule has 32 heavy (non-hydrogen) atoms. The number of sulfone groups is 1. The van der Waals surface area contributed by atoms with Gasteiger partial charge in [-0.15, -0.1) is 0 Å². The van der Waals surface area contributed by atoms with Crippen molar-refractivity contribution in [2.24, 2.45) is 0 Å². The smallest absolute Gasteiger partial charge is 0.244 e. The van der Waals surface area contributed by atoms with Gasteiger partial charge in [0.2, 0.25) is 5.91 Å². The molecule has 3 aromatic carbocycles. The monoisotopic (exact) mass is 470 g/mol. The highest BCUT2D eigenvalue weighted by molar-refractivity contribution is 7.90. The van der Waals surface area contributed by atoms with Gasteiger partial charge in [-0.2, -0.15) is 0 Å². The van der Waals surface area contributed by atoms with Crippen molar-refractivity contribution in [2.45, 2.75) is 24.1 Å². The van der Waals surface area contributed by atoms with Crippen LogP contribution in [0.5, 0.6) is 0 Å². The van der Waals surface area contributed by atoms with Gasteiger partial charge in [-0.3, -0.25) is 4.79 Å². The zero-order valence-electron chi connectivity index (χ0n) is 17.2. The number of amides is 1. The maximum Gasteiger partial charge on any atom is 0.244 e. The van der Waals surface area contributed by atoms with Crippen molar-refractivity contribution >= 4 is 43.9 Å². The minimum Gasteiger partial charge on any atom is -0.337 e. The molecule has 5 nitrogen and oxygen atoms in total. The van der Waals surface area contributed by atoms with Crippen molar-refractivity contribution in [3.05, 3.63) is 94.9 Å². The number of carbonyl (C=O) groups is 1. The number of nitrogens with one attached hydrogen (secondary N) is 1. The van der Waals surface area contributed by atoms with E-state index in [9.17, 15) is 17.6 Å². The Labute approximate surface area is 190 Å². The highest BCUT2D eigenvalue weighted by Gasteiger charge is 2.23. The van der Waals surface area contributed by atoms with Crippen LogP contribution in [-0.2, 0) is 26.9 Å². The summed E-state index contributed by atoms with van der Waals surface area (Å²) >= 11 is 5.75. The number of para-hydroxylation sites is 1. The van der Waals surface area contributed by atoms with E-state index in [0.29, 0.717) is 10.9 Å². The lowest BCUT2D eigenvalue weighted by molar-refractivity contribution is -0.116. The van der Waals surface area contributed by atoms with Gasteiger partial charge >= 0.3 is 0 Å². The second kappa shape index (κ2) is 8.76. The molecule has 0 fully saturated rings. The zero-order chi connectivity index (χ0) is 22.9. The fourth-order valence-electron chi connectivity index (χ4n) is 3.58. The van der Waals surface area contributed by atoms with Gasteiger partial charge in [-0.05, 0) is 42.3 Å². The average molecular weight is 471 g/mol. The van der Waals surface area contributed by atoms with E-state index in [4.69, 9.17) is 11.6 Å². The lowest BCUT2D eigenvalue weighted by Crippen LogP contribution is -2.19. The summed E-state index contributed by atoms with van der Waals surface area (Å²) in [5, 5.41) is 3.26. The SMILES string of the molecule is Cc1ccccc1CS(=O)(=O)c1cn(CC(=O)Nc2ccc(Cl)cc2F)c2ccccc12. The van der Waals surface area contributed by atoms with Crippen molar-refractivity contribution in [1.29, 1.82) is 0 Å². The van der Waals surface area contributed by atoms with Crippen LogP contribution in [0.1, 0.15) is 11.1 Å². The summed E-state index contributed by atoms with van der Waals surface area (Å²) in [6.45, 7) is 1.69. The molecule has 0 saturated heterocycles. The van der Waals surface area contributed by atoms with E-state index in [1.54, 1.807) is 41.0 Å². The highest BCUT2D eigenvalue weighted by atomic mass is 35.5. The molecule has 0 atom stereocenters. The molecule has 0 aliphatic heterocycles. The number of carbonyl (C=O) groups excluding carboxylic acids is 1. The largest absolute Gasteiger partial charge is 0.337 e. The fourth-order valence-corrected chi connectivity index (χ4v) is 5.42. The van der Waals surface area contributed by atoms with Gasteiger partial charge in [0, 0.05) is 22.1 Å². The van der Waals surface area contributed by atoms with Crippen LogP contribution in [0.3, 0.4) is 0 Å². The molecule has 8 heteroatoms. The Morgan fingerprint density at radius 1 is 1.06 bits per heavy atom. The molecule has 1 heterocycles. The fraction of sp³-hybridized carbons (Fsp3) is 0.125. The van der Waals surface area contributed by atoms with Crippen LogP contribution in [0.25, 0.3) is 10.9 Å². The molecular weight excluding hydrogens is 451 g/mol. The molecule has 0 spiro atoms. The molecule has 0 unspecified atom stereocenters. The Kier molecular flexibility index (Phi) is 6.04. The first-order valence-corrected chi connectivity index (χ1v) is 11.9. The van der Waals surface area contributed by atoms with E-state index in [0.717, 1.165) is 17.2 Å². The molecule has 0 radical (unpaired) electrons. The number of rotatable bonds is 6. The van der Waals surface area contributed by atoms with Crippen LogP contribution >= 0.6 is 11.6 Å². The van der Waals surface area contributed by atoms with Crippen molar-refractivity contribution in [3.63, 3.8) is 0 Å². The number of halogens is 2. The number of hydrogen-bond donors (Lipinski definition) is 1. The Bertz CT molecular complexity index is 1430. The third-order valence-corrected chi connectivity index (χ3v) is 7.13. The number of fused-ring (bicyclic) bond motifs is 1. The molecule has 4 rings (SSSR count). The predicted molar refractivity (Wildman–Crippen MR) is 124 cm³/mol. The summed E-state index contributed by atoms with van der Waals surface area (Å²) in [4.78, 5) is 12.7. The van der Waals surface area contributed by atoms with Crippen LogP contribution in [0.4, 0.5) is 10.1 Å². The van der Waals surface area contributed by atoms with E-state index in [1.165, 1.54) is 18.3 Å². The molecule has 0 aliphatic carbocycles. The van der Waals surface area contributed by atoms with Crippen LogP contribution < -0.4 is 5.32 Å². The Morgan fingerprint density at radius 3 is 2.53 bits per heavy atom. The Morgan fingerprint density at radius 2 is 1.78 bits per heavy atom. The number of aromatic nitrogens is 1. The van der Waals surface area contributed by atoms with E-state index < -0.39 is 21.6 Å².